The van der Waals surface area contributed by atoms with E-state index in [4.69, 9.17) is 19.2 Å². The van der Waals surface area contributed by atoms with Gasteiger partial charge in [-0.1, -0.05) is 12.8 Å². The fourth-order valence-corrected chi connectivity index (χ4v) is 4.44. The summed E-state index contributed by atoms with van der Waals surface area (Å²) >= 11 is 0. The van der Waals surface area contributed by atoms with Gasteiger partial charge in [0.2, 0.25) is 5.75 Å². The monoisotopic (exact) mass is 562 g/mol. The second kappa shape index (κ2) is 12.7. The van der Waals surface area contributed by atoms with Crippen LogP contribution >= 0.6 is 24.0 Å². The second-order valence-corrected chi connectivity index (χ2v) is 8.40. The molecule has 0 bridgehead atoms. The van der Waals surface area contributed by atoms with Gasteiger partial charge in [0.1, 0.15) is 0 Å². The van der Waals surface area contributed by atoms with Crippen molar-refractivity contribution in [2.75, 3.05) is 60.6 Å². The molecule has 1 aromatic carbocycles. The highest BCUT2D eigenvalue weighted by molar-refractivity contribution is 14.0. The zero-order valence-electron chi connectivity index (χ0n) is 19.9. The molecule has 0 aromatic heterocycles. The maximum Gasteiger partial charge on any atom is 0.203 e. The largest absolute Gasteiger partial charge is 0.493 e. The second-order valence-electron chi connectivity index (χ2n) is 8.40. The number of piperazine rings is 1. The van der Waals surface area contributed by atoms with Crippen molar-refractivity contribution in [1.82, 2.24) is 15.1 Å². The molecule has 182 valence electrons. The Kier molecular flexibility index (Phi) is 10.6. The van der Waals surface area contributed by atoms with Crippen molar-refractivity contribution in [2.24, 2.45) is 4.99 Å². The Morgan fingerprint density at radius 2 is 1.62 bits per heavy atom. The molecule has 2 fully saturated rings. The van der Waals surface area contributed by atoms with Crippen molar-refractivity contribution in [3.63, 3.8) is 0 Å². The molecule has 1 saturated carbocycles. The Balaban J connectivity index is 0.00000363. The molecule has 0 atom stereocenters. The van der Waals surface area contributed by atoms with Crippen LogP contribution in [0.25, 0.3) is 0 Å². The van der Waals surface area contributed by atoms with Crippen molar-refractivity contribution in [3.8, 4) is 17.2 Å². The van der Waals surface area contributed by atoms with Crippen molar-refractivity contribution < 1.29 is 19.3 Å². The highest BCUT2D eigenvalue weighted by atomic mass is 127. The predicted octanol–water partition coefficient (Wildman–Crippen LogP) is 2.72. The van der Waals surface area contributed by atoms with Crippen LogP contribution in [0, 0.1) is 0 Å². The molecular weight excluding hydrogens is 523 g/mol. The van der Waals surface area contributed by atoms with E-state index >= 15 is 0 Å². The lowest BCUT2D eigenvalue weighted by atomic mass is 10.0. The molecule has 1 heterocycles. The van der Waals surface area contributed by atoms with E-state index < -0.39 is 5.60 Å². The van der Waals surface area contributed by atoms with E-state index in [1.54, 1.807) is 21.3 Å². The number of rotatable bonds is 8. The number of aliphatic imine (C=N–C) groups is 1. The van der Waals surface area contributed by atoms with Gasteiger partial charge in [-0.05, 0) is 37.5 Å². The zero-order valence-corrected chi connectivity index (χ0v) is 22.2. The van der Waals surface area contributed by atoms with Crippen molar-refractivity contribution in [2.45, 2.75) is 44.8 Å². The van der Waals surface area contributed by atoms with Crippen molar-refractivity contribution in [1.29, 1.82) is 0 Å². The Morgan fingerprint density at radius 3 is 2.12 bits per heavy atom. The third kappa shape index (κ3) is 6.77. The third-order valence-electron chi connectivity index (χ3n) is 6.19. The van der Waals surface area contributed by atoms with E-state index in [0.717, 1.165) is 76.5 Å². The topological polar surface area (TPSA) is 78.8 Å². The molecule has 8 nitrogen and oxygen atoms in total. The predicted molar refractivity (Wildman–Crippen MR) is 138 cm³/mol. The Bertz CT molecular complexity index is 723. The van der Waals surface area contributed by atoms with E-state index in [-0.39, 0.29) is 24.0 Å². The van der Waals surface area contributed by atoms with Crippen LogP contribution in [-0.4, -0.2) is 87.1 Å². The Labute approximate surface area is 209 Å². The van der Waals surface area contributed by atoms with Crippen LogP contribution in [0.4, 0.5) is 0 Å². The number of aliphatic hydroxyl groups is 1. The number of benzene rings is 1. The first kappa shape index (κ1) is 26.8. The van der Waals surface area contributed by atoms with Gasteiger partial charge in [0.25, 0.3) is 0 Å². The van der Waals surface area contributed by atoms with Gasteiger partial charge in [-0.2, -0.15) is 0 Å². The molecule has 2 N–H and O–H groups in total. The van der Waals surface area contributed by atoms with Crippen LogP contribution in [0.1, 0.15) is 38.2 Å². The summed E-state index contributed by atoms with van der Waals surface area (Å²) in [5.41, 5.74) is 0.515. The number of hydrogen-bond donors (Lipinski definition) is 2. The van der Waals surface area contributed by atoms with Crippen molar-refractivity contribution in [3.05, 3.63) is 17.7 Å². The molecule has 0 radical (unpaired) electrons. The number of halogens is 1. The summed E-state index contributed by atoms with van der Waals surface area (Å²) in [6.07, 6.45) is 3.92. The van der Waals surface area contributed by atoms with Crippen LogP contribution in [-0.2, 0) is 6.54 Å². The summed E-state index contributed by atoms with van der Waals surface area (Å²) < 4.78 is 16.4. The Hall–Kier alpha value is -1.46. The maximum atomic E-state index is 10.6. The molecule has 1 aliphatic heterocycles. The van der Waals surface area contributed by atoms with Gasteiger partial charge in [-0.25, -0.2) is 0 Å². The van der Waals surface area contributed by atoms with Gasteiger partial charge in [0.15, 0.2) is 17.5 Å². The number of nitrogens with one attached hydrogen (secondary N) is 1. The molecule has 3 rings (SSSR count). The summed E-state index contributed by atoms with van der Waals surface area (Å²) in [6, 6.07) is 4.03. The molecule has 1 aromatic rings. The summed E-state index contributed by atoms with van der Waals surface area (Å²) in [5, 5.41) is 14.0. The SMILES string of the molecule is CCNC(=NCC1(O)CCCC1)N1CCN(Cc2cc(OC)c(OC)c(OC)c2)CC1.I. The number of methoxy groups -OCH3 is 3. The van der Waals surface area contributed by atoms with E-state index in [9.17, 15) is 5.11 Å². The molecule has 9 heteroatoms. The lowest BCUT2D eigenvalue weighted by Crippen LogP contribution is -2.52. The number of hydrogen-bond acceptors (Lipinski definition) is 6. The van der Waals surface area contributed by atoms with E-state index in [1.807, 2.05) is 12.1 Å². The number of nitrogens with zero attached hydrogens (tertiary/aromatic N) is 3. The van der Waals surface area contributed by atoms with Crippen molar-refractivity contribution >= 4 is 29.9 Å². The molecule has 1 aliphatic carbocycles. The summed E-state index contributed by atoms with van der Waals surface area (Å²) in [6.45, 7) is 7.88. The minimum Gasteiger partial charge on any atom is -0.493 e. The first-order valence-electron chi connectivity index (χ1n) is 11.3. The van der Waals surface area contributed by atoms with Gasteiger partial charge in [-0.15, -0.1) is 24.0 Å². The van der Waals surface area contributed by atoms with E-state index in [2.05, 4.69) is 22.0 Å². The molecule has 2 aliphatic rings. The lowest BCUT2D eigenvalue weighted by molar-refractivity contribution is 0.0569. The molecule has 0 spiro atoms. The van der Waals surface area contributed by atoms with Gasteiger partial charge in [-0.3, -0.25) is 9.89 Å². The quantitative estimate of drug-likeness (QED) is 0.287. The van der Waals surface area contributed by atoms with Crippen LogP contribution in [0.2, 0.25) is 0 Å². The standard InChI is InChI=1S/C23H38N4O4.HI/c1-5-24-22(25-17-23(28)8-6-7-9-23)27-12-10-26(11-13-27)16-18-14-19(29-2)21(31-4)20(15-18)30-3;/h14-15,28H,5-13,16-17H2,1-4H3,(H,24,25);1H. The van der Waals surface area contributed by atoms with Crippen LogP contribution < -0.4 is 19.5 Å². The van der Waals surface area contributed by atoms with Gasteiger partial charge >= 0.3 is 0 Å². The van der Waals surface area contributed by atoms with Crippen LogP contribution in [0.5, 0.6) is 17.2 Å². The molecule has 32 heavy (non-hydrogen) atoms. The summed E-state index contributed by atoms with van der Waals surface area (Å²) in [4.78, 5) is 9.50. The molecular formula is C23H39IN4O4. The van der Waals surface area contributed by atoms with Crippen LogP contribution in [0.3, 0.4) is 0 Å². The van der Waals surface area contributed by atoms with Crippen LogP contribution in [0.15, 0.2) is 17.1 Å². The molecule has 1 saturated heterocycles. The smallest absolute Gasteiger partial charge is 0.203 e. The highest BCUT2D eigenvalue weighted by Crippen LogP contribution is 2.38. The lowest BCUT2D eigenvalue weighted by Gasteiger charge is -2.37. The molecule has 0 amide bonds. The average Bonchev–Trinajstić information content (AvgIpc) is 3.23. The average molecular weight is 562 g/mol. The first-order chi connectivity index (χ1) is 15.0. The third-order valence-corrected chi connectivity index (χ3v) is 6.19. The highest BCUT2D eigenvalue weighted by Gasteiger charge is 2.31. The summed E-state index contributed by atoms with van der Waals surface area (Å²) in [7, 11) is 4.90. The van der Waals surface area contributed by atoms with Gasteiger partial charge < -0.3 is 29.5 Å². The van der Waals surface area contributed by atoms with Gasteiger partial charge in [0.05, 0.1) is 33.5 Å². The normalized spacial score (nSPS) is 18.8. The Morgan fingerprint density at radius 1 is 1.03 bits per heavy atom. The number of ether oxygens (including phenoxy) is 3. The fourth-order valence-electron chi connectivity index (χ4n) is 4.44. The van der Waals surface area contributed by atoms with E-state index in [1.165, 1.54) is 0 Å². The van der Waals surface area contributed by atoms with E-state index in [0.29, 0.717) is 23.8 Å². The van der Waals surface area contributed by atoms with Gasteiger partial charge in [0, 0.05) is 39.3 Å². The fraction of sp³-hybridized carbons (Fsp3) is 0.696. The first-order valence-corrected chi connectivity index (χ1v) is 11.3. The summed E-state index contributed by atoms with van der Waals surface area (Å²) in [5.74, 6) is 2.90. The zero-order chi connectivity index (χ0) is 22.3. The minimum atomic E-state index is -0.616. The minimum absolute atomic E-state index is 0. The maximum absolute atomic E-state index is 10.6. The number of guanidine groups is 1. The molecule has 0 unspecified atom stereocenters.